The summed E-state index contributed by atoms with van der Waals surface area (Å²) in [5.41, 5.74) is 0.222. The third kappa shape index (κ3) is 2.33. The van der Waals surface area contributed by atoms with Gasteiger partial charge in [0.05, 0.1) is 4.88 Å². The van der Waals surface area contributed by atoms with Gasteiger partial charge in [-0.15, -0.1) is 11.3 Å². The van der Waals surface area contributed by atoms with Crippen molar-refractivity contribution in [3.05, 3.63) is 57.8 Å². The zero-order valence-corrected chi connectivity index (χ0v) is 9.06. The minimum Gasteiger partial charge on any atom is -0.293 e. The number of thiophene rings is 1. The van der Waals surface area contributed by atoms with Crippen LogP contribution in [0.2, 0.25) is 0 Å². The van der Waals surface area contributed by atoms with Gasteiger partial charge in [0.2, 0.25) is 0 Å². The average Bonchev–Trinajstić information content (AvgIpc) is 2.75. The van der Waals surface area contributed by atoms with Crippen molar-refractivity contribution < 1.29 is 13.6 Å². The van der Waals surface area contributed by atoms with Crippen LogP contribution in [0.3, 0.4) is 0 Å². The second-order valence-electron chi connectivity index (χ2n) is 3.31. The number of hydrogen-bond acceptors (Lipinski definition) is 2. The van der Waals surface area contributed by atoms with Crippen molar-refractivity contribution in [1.82, 2.24) is 0 Å². The smallest absolute Gasteiger partial charge is 0.177 e. The Morgan fingerprint density at radius 3 is 2.69 bits per heavy atom. The molecular formula is C12H8F2OS. The standard InChI is InChI=1S/C12H8F2OS/c13-9-4-3-8(10(14)7-9)6-11(15)12-2-1-5-16-12/h1-5,7H,6H2. The monoisotopic (exact) mass is 238 g/mol. The fourth-order valence-corrected chi connectivity index (χ4v) is 2.03. The molecule has 1 heterocycles. The van der Waals surface area contributed by atoms with E-state index in [1.165, 1.54) is 17.4 Å². The minimum absolute atomic E-state index is 0.0351. The molecule has 0 aliphatic carbocycles. The van der Waals surface area contributed by atoms with Gasteiger partial charge in [0.25, 0.3) is 0 Å². The van der Waals surface area contributed by atoms with Gasteiger partial charge in [0, 0.05) is 12.5 Å². The SMILES string of the molecule is O=C(Cc1ccc(F)cc1F)c1cccs1. The van der Waals surface area contributed by atoms with Gasteiger partial charge >= 0.3 is 0 Å². The Hall–Kier alpha value is -1.55. The Balaban J connectivity index is 2.18. The third-order valence-electron chi connectivity index (χ3n) is 2.16. The molecule has 0 spiro atoms. The normalized spacial score (nSPS) is 10.4. The lowest BCUT2D eigenvalue weighted by atomic mass is 10.1. The number of carbonyl (C=O) groups is 1. The van der Waals surface area contributed by atoms with Gasteiger partial charge in [0.1, 0.15) is 11.6 Å². The van der Waals surface area contributed by atoms with Gasteiger partial charge < -0.3 is 0 Å². The summed E-state index contributed by atoms with van der Waals surface area (Å²) in [7, 11) is 0. The average molecular weight is 238 g/mol. The number of carbonyl (C=O) groups excluding carboxylic acids is 1. The zero-order chi connectivity index (χ0) is 11.5. The molecule has 0 saturated carbocycles. The predicted octanol–water partition coefficient (Wildman–Crippen LogP) is 3.45. The molecule has 82 valence electrons. The second kappa shape index (κ2) is 4.53. The number of benzene rings is 1. The Morgan fingerprint density at radius 1 is 1.25 bits per heavy atom. The van der Waals surface area contributed by atoms with Crippen molar-refractivity contribution in [3.63, 3.8) is 0 Å². The van der Waals surface area contributed by atoms with Gasteiger partial charge in [0.15, 0.2) is 5.78 Å². The summed E-state index contributed by atoms with van der Waals surface area (Å²) in [4.78, 5) is 12.2. The van der Waals surface area contributed by atoms with Crippen LogP contribution in [0.4, 0.5) is 8.78 Å². The van der Waals surface area contributed by atoms with Crippen LogP contribution in [-0.4, -0.2) is 5.78 Å². The highest BCUT2D eigenvalue weighted by Crippen LogP contribution is 2.15. The van der Waals surface area contributed by atoms with Crippen LogP contribution in [-0.2, 0) is 6.42 Å². The molecular weight excluding hydrogens is 230 g/mol. The zero-order valence-electron chi connectivity index (χ0n) is 8.24. The molecule has 2 aromatic rings. The molecule has 1 aromatic carbocycles. The number of hydrogen-bond donors (Lipinski definition) is 0. The number of Topliss-reactive ketones (excluding diaryl/α,β-unsaturated/α-hetero) is 1. The van der Waals surface area contributed by atoms with E-state index in [0.717, 1.165) is 12.1 Å². The van der Waals surface area contributed by atoms with Crippen molar-refractivity contribution in [2.24, 2.45) is 0 Å². The Labute approximate surface area is 95.4 Å². The van der Waals surface area contributed by atoms with Crippen LogP contribution in [0.15, 0.2) is 35.7 Å². The van der Waals surface area contributed by atoms with Crippen molar-refractivity contribution in [1.29, 1.82) is 0 Å². The quantitative estimate of drug-likeness (QED) is 0.748. The molecule has 0 saturated heterocycles. The molecule has 1 nitrogen and oxygen atoms in total. The number of ketones is 1. The second-order valence-corrected chi connectivity index (χ2v) is 4.26. The largest absolute Gasteiger partial charge is 0.293 e. The maximum absolute atomic E-state index is 13.3. The Kier molecular flexibility index (Phi) is 3.10. The van der Waals surface area contributed by atoms with Gasteiger partial charge in [-0.05, 0) is 23.1 Å². The van der Waals surface area contributed by atoms with Crippen LogP contribution in [0.25, 0.3) is 0 Å². The molecule has 0 atom stereocenters. The summed E-state index contributed by atoms with van der Waals surface area (Å²) in [5.74, 6) is -1.46. The van der Waals surface area contributed by atoms with Gasteiger partial charge in [-0.1, -0.05) is 12.1 Å². The maximum Gasteiger partial charge on any atom is 0.177 e. The summed E-state index contributed by atoms with van der Waals surface area (Å²) in [6, 6.07) is 6.70. The highest BCUT2D eigenvalue weighted by atomic mass is 32.1. The first-order valence-corrected chi connectivity index (χ1v) is 5.55. The van der Waals surface area contributed by atoms with E-state index in [2.05, 4.69) is 0 Å². The molecule has 0 aliphatic rings. The fraction of sp³-hybridized carbons (Fsp3) is 0.0833. The Bertz CT molecular complexity index is 506. The first kappa shape index (κ1) is 11.0. The van der Waals surface area contributed by atoms with E-state index in [4.69, 9.17) is 0 Å². The first-order chi connectivity index (χ1) is 7.66. The summed E-state index contributed by atoms with van der Waals surface area (Å²) >= 11 is 1.31. The van der Waals surface area contributed by atoms with Gasteiger partial charge in [-0.25, -0.2) is 8.78 Å². The van der Waals surface area contributed by atoms with Crippen LogP contribution < -0.4 is 0 Å². The molecule has 1 aromatic heterocycles. The van der Waals surface area contributed by atoms with E-state index in [1.807, 2.05) is 0 Å². The predicted molar refractivity (Wildman–Crippen MR) is 58.7 cm³/mol. The molecule has 0 amide bonds. The van der Waals surface area contributed by atoms with Crippen molar-refractivity contribution in [3.8, 4) is 0 Å². The summed E-state index contributed by atoms with van der Waals surface area (Å²) in [6.45, 7) is 0. The highest BCUT2D eigenvalue weighted by Gasteiger charge is 2.11. The summed E-state index contributed by atoms with van der Waals surface area (Å²) in [5, 5.41) is 1.79. The molecule has 0 N–H and O–H groups in total. The van der Waals surface area contributed by atoms with Crippen molar-refractivity contribution >= 4 is 17.1 Å². The fourth-order valence-electron chi connectivity index (χ4n) is 1.36. The van der Waals surface area contributed by atoms with Gasteiger partial charge in [-0.3, -0.25) is 4.79 Å². The van der Waals surface area contributed by atoms with E-state index in [-0.39, 0.29) is 17.8 Å². The molecule has 0 bridgehead atoms. The maximum atomic E-state index is 13.3. The molecule has 0 unspecified atom stereocenters. The Morgan fingerprint density at radius 2 is 2.06 bits per heavy atom. The van der Waals surface area contributed by atoms with Crippen molar-refractivity contribution in [2.45, 2.75) is 6.42 Å². The topological polar surface area (TPSA) is 17.1 Å². The first-order valence-electron chi connectivity index (χ1n) is 4.67. The molecule has 4 heteroatoms. The lowest BCUT2D eigenvalue weighted by Gasteiger charge is -2.01. The van der Waals surface area contributed by atoms with E-state index < -0.39 is 11.6 Å². The summed E-state index contributed by atoms with van der Waals surface area (Å²) < 4.78 is 25.9. The van der Waals surface area contributed by atoms with E-state index >= 15 is 0 Å². The summed E-state index contributed by atoms with van der Waals surface area (Å²) in [6.07, 6.45) is -0.0351. The number of halogens is 2. The molecule has 0 radical (unpaired) electrons. The van der Waals surface area contributed by atoms with E-state index in [9.17, 15) is 13.6 Å². The minimum atomic E-state index is -0.676. The lowest BCUT2D eigenvalue weighted by molar-refractivity contribution is 0.0995. The molecule has 0 aliphatic heterocycles. The third-order valence-corrected chi connectivity index (χ3v) is 3.07. The van der Waals surface area contributed by atoms with Gasteiger partial charge in [-0.2, -0.15) is 0 Å². The van der Waals surface area contributed by atoms with Crippen LogP contribution >= 0.6 is 11.3 Å². The molecule has 2 rings (SSSR count). The number of rotatable bonds is 3. The molecule has 16 heavy (non-hydrogen) atoms. The van der Waals surface area contributed by atoms with Crippen LogP contribution in [0.1, 0.15) is 15.2 Å². The molecule has 0 fully saturated rings. The van der Waals surface area contributed by atoms with Crippen molar-refractivity contribution in [2.75, 3.05) is 0 Å². The van der Waals surface area contributed by atoms with E-state index in [0.29, 0.717) is 4.88 Å². The lowest BCUT2D eigenvalue weighted by Crippen LogP contribution is -2.03. The van der Waals surface area contributed by atoms with Crippen LogP contribution in [0.5, 0.6) is 0 Å². The highest BCUT2D eigenvalue weighted by molar-refractivity contribution is 7.12. The van der Waals surface area contributed by atoms with E-state index in [1.54, 1.807) is 17.5 Å². The van der Waals surface area contributed by atoms with Crippen LogP contribution in [0, 0.1) is 11.6 Å².